The third-order valence-corrected chi connectivity index (χ3v) is 7.74. The van der Waals surface area contributed by atoms with E-state index in [4.69, 9.17) is 10.1 Å². The number of likely N-dealkylation sites (N-methyl/N-ethyl adjacent to an activating group) is 1. The maximum absolute atomic E-state index is 14.1. The van der Waals surface area contributed by atoms with Crippen molar-refractivity contribution in [2.45, 2.75) is 39.5 Å². The predicted molar refractivity (Wildman–Crippen MR) is 175 cm³/mol. The zero-order valence-electron chi connectivity index (χ0n) is 26.7. The topological polar surface area (TPSA) is 119 Å². The average molecular weight is 647 g/mol. The number of amides is 1. The lowest BCUT2D eigenvalue weighted by Crippen LogP contribution is -2.44. The second-order valence-corrected chi connectivity index (χ2v) is 11.8. The summed E-state index contributed by atoms with van der Waals surface area (Å²) in [6.45, 7) is 8.78. The number of benzene rings is 2. The Morgan fingerprint density at radius 2 is 1.77 bits per heavy atom. The van der Waals surface area contributed by atoms with Crippen molar-refractivity contribution in [3.63, 3.8) is 0 Å². The van der Waals surface area contributed by atoms with E-state index in [0.717, 1.165) is 25.4 Å². The van der Waals surface area contributed by atoms with Crippen LogP contribution in [-0.4, -0.2) is 76.1 Å². The van der Waals surface area contributed by atoms with Crippen LogP contribution >= 0.6 is 0 Å². The largest absolute Gasteiger partial charge is 0.438 e. The van der Waals surface area contributed by atoms with Crippen molar-refractivity contribution in [3.05, 3.63) is 88.7 Å². The number of aryl methyl sites for hydroxylation is 1. The molecule has 10 nitrogen and oxygen atoms in total. The lowest BCUT2D eigenvalue weighted by molar-refractivity contribution is -0.138. The van der Waals surface area contributed by atoms with Gasteiger partial charge in [-0.25, -0.2) is 4.98 Å². The number of rotatable bonds is 10. The number of piperazine rings is 1. The summed E-state index contributed by atoms with van der Waals surface area (Å²) in [6, 6.07) is 12.1. The molecule has 13 heteroatoms. The molecule has 1 fully saturated rings. The molecule has 246 valence electrons. The van der Waals surface area contributed by atoms with Crippen LogP contribution in [0.2, 0.25) is 0 Å². The Balaban J connectivity index is 1.41. The molecule has 4 aromatic rings. The maximum atomic E-state index is 14.1. The van der Waals surface area contributed by atoms with E-state index in [1.54, 1.807) is 43.6 Å². The number of aromatic nitrogens is 3. The molecule has 0 atom stereocenters. The summed E-state index contributed by atoms with van der Waals surface area (Å²) in [7, 11) is 1.99. The van der Waals surface area contributed by atoms with Crippen LogP contribution in [0, 0.1) is 12.3 Å². The molecule has 3 N–H and O–H groups in total. The standard InChI is InChI=1S/C34H37F3N8O2/c1-21(2)40-31-27(19-38)33(43-30(42-31)23-9-11-39-12-10-23)47-29-17-24(6-5-22(29)3)32(46)41-26-8-7-25(28(18-26)34(35,36)37)20-45-15-13-44(4)14-16-45/h5-12,17-19,21,38H,13-16,20H2,1-4H3,(H,41,46)(H,40,42,43). The lowest BCUT2D eigenvalue weighted by atomic mass is 10.0. The number of halogens is 3. The number of hydrogen-bond donors (Lipinski definition) is 3. The van der Waals surface area contributed by atoms with Crippen LogP contribution in [0.4, 0.5) is 24.7 Å². The van der Waals surface area contributed by atoms with E-state index in [1.165, 1.54) is 18.2 Å². The molecule has 2 aromatic carbocycles. The number of ether oxygens (including phenoxy) is 1. The first-order chi connectivity index (χ1) is 22.4. The van der Waals surface area contributed by atoms with Gasteiger partial charge in [0.25, 0.3) is 5.91 Å². The first kappa shape index (κ1) is 33.5. The number of pyridine rings is 1. The molecule has 1 saturated heterocycles. The number of anilines is 2. The molecule has 0 aliphatic carbocycles. The van der Waals surface area contributed by atoms with E-state index in [1.807, 2.05) is 25.8 Å². The van der Waals surface area contributed by atoms with Crippen molar-refractivity contribution < 1.29 is 22.7 Å². The monoisotopic (exact) mass is 646 g/mol. The second-order valence-electron chi connectivity index (χ2n) is 11.8. The number of carbonyl (C=O) groups excluding carboxylic acids is 1. The van der Waals surface area contributed by atoms with Gasteiger partial charge in [-0.15, -0.1) is 0 Å². The smallest absolute Gasteiger partial charge is 0.416 e. The maximum Gasteiger partial charge on any atom is 0.416 e. The van der Waals surface area contributed by atoms with Gasteiger partial charge in [-0.3, -0.25) is 14.7 Å². The fourth-order valence-corrected chi connectivity index (χ4v) is 5.13. The molecule has 1 amide bonds. The normalized spacial score (nSPS) is 14.2. The highest BCUT2D eigenvalue weighted by atomic mass is 19.4. The van der Waals surface area contributed by atoms with E-state index >= 15 is 0 Å². The van der Waals surface area contributed by atoms with Gasteiger partial charge in [0.2, 0.25) is 5.88 Å². The van der Waals surface area contributed by atoms with E-state index in [-0.39, 0.29) is 41.0 Å². The molecule has 1 aliphatic rings. The molecule has 0 bridgehead atoms. The molecule has 0 spiro atoms. The fourth-order valence-electron chi connectivity index (χ4n) is 5.13. The number of hydrogen-bond acceptors (Lipinski definition) is 9. The van der Waals surface area contributed by atoms with Gasteiger partial charge in [0.05, 0.1) is 11.1 Å². The van der Waals surface area contributed by atoms with Crippen molar-refractivity contribution in [1.29, 1.82) is 5.41 Å². The first-order valence-corrected chi connectivity index (χ1v) is 15.2. The summed E-state index contributed by atoms with van der Waals surface area (Å²) in [6.07, 6.45) is -0.265. The van der Waals surface area contributed by atoms with Crippen molar-refractivity contribution in [1.82, 2.24) is 24.8 Å². The van der Waals surface area contributed by atoms with Gasteiger partial charge in [-0.1, -0.05) is 12.1 Å². The molecule has 0 saturated carbocycles. The Morgan fingerprint density at radius 3 is 2.43 bits per heavy atom. The lowest BCUT2D eigenvalue weighted by Gasteiger charge is -2.33. The number of alkyl halides is 3. The van der Waals surface area contributed by atoms with E-state index in [9.17, 15) is 18.0 Å². The third kappa shape index (κ3) is 8.29. The van der Waals surface area contributed by atoms with E-state index < -0.39 is 17.6 Å². The highest BCUT2D eigenvalue weighted by Gasteiger charge is 2.34. The minimum absolute atomic E-state index is 0.00536. The third-order valence-electron chi connectivity index (χ3n) is 7.74. The molecule has 0 unspecified atom stereocenters. The Morgan fingerprint density at radius 1 is 1.04 bits per heavy atom. The Labute approximate surface area is 271 Å². The molecular formula is C34H37F3N8O2. The molecule has 3 heterocycles. The summed E-state index contributed by atoms with van der Waals surface area (Å²) in [4.78, 5) is 30.7. The zero-order valence-corrected chi connectivity index (χ0v) is 26.7. The molecular weight excluding hydrogens is 609 g/mol. The van der Waals surface area contributed by atoms with Gasteiger partial charge in [0.15, 0.2) is 5.82 Å². The van der Waals surface area contributed by atoms with E-state index in [0.29, 0.717) is 41.4 Å². The summed E-state index contributed by atoms with van der Waals surface area (Å²) < 4.78 is 48.6. The van der Waals surface area contributed by atoms with Crippen molar-refractivity contribution in [2.24, 2.45) is 0 Å². The van der Waals surface area contributed by atoms with Gasteiger partial charge in [-0.05, 0) is 75.3 Å². The minimum Gasteiger partial charge on any atom is -0.438 e. The number of nitrogens with one attached hydrogen (secondary N) is 3. The summed E-state index contributed by atoms with van der Waals surface area (Å²) >= 11 is 0. The molecule has 2 aromatic heterocycles. The average Bonchev–Trinajstić information content (AvgIpc) is 3.03. The molecule has 0 radical (unpaired) electrons. The minimum atomic E-state index is -4.59. The van der Waals surface area contributed by atoms with Crippen LogP contribution in [0.15, 0.2) is 60.9 Å². The summed E-state index contributed by atoms with van der Waals surface area (Å²) in [5.74, 6) is 0.518. The highest BCUT2D eigenvalue weighted by Crippen LogP contribution is 2.35. The van der Waals surface area contributed by atoms with Crippen molar-refractivity contribution in [3.8, 4) is 23.0 Å². The van der Waals surface area contributed by atoms with Gasteiger partial charge in [0.1, 0.15) is 11.6 Å². The van der Waals surface area contributed by atoms with Gasteiger partial charge in [-0.2, -0.15) is 18.2 Å². The first-order valence-electron chi connectivity index (χ1n) is 15.2. The number of carbonyl (C=O) groups is 1. The fraction of sp³-hybridized carbons (Fsp3) is 0.324. The van der Waals surface area contributed by atoms with Gasteiger partial charge in [0, 0.05) is 74.2 Å². The molecule has 1 aliphatic heterocycles. The summed E-state index contributed by atoms with van der Waals surface area (Å²) in [5, 5.41) is 13.9. The zero-order chi connectivity index (χ0) is 33.7. The highest BCUT2D eigenvalue weighted by molar-refractivity contribution is 6.04. The number of nitrogens with zero attached hydrogens (tertiary/aromatic N) is 5. The van der Waals surface area contributed by atoms with Crippen LogP contribution in [0.3, 0.4) is 0 Å². The Kier molecular flexibility index (Phi) is 10.2. The van der Waals surface area contributed by atoms with Crippen LogP contribution in [0.25, 0.3) is 11.4 Å². The quantitative estimate of drug-likeness (QED) is 0.168. The predicted octanol–water partition coefficient (Wildman–Crippen LogP) is 6.48. The Bertz CT molecular complexity index is 1740. The van der Waals surface area contributed by atoms with Crippen LogP contribution in [-0.2, 0) is 12.7 Å². The summed E-state index contributed by atoms with van der Waals surface area (Å²) in [5.41, 5.74) is 1.25. The van der Waals surface area contributed by atoms with Gasteiger partial charge < -0.3 is 25.7 Å². The van der Waals surface area contributed by atoms with Gasteiger partial charge >= 0.3 is 6.18 Å². The van der Waals surface area contributed by atoms with E-state index in [2.05, 4.69) is 30.5 Å². The molecule has 5 rings (SSSR count). The Hall–Kier alpha value is -4.88. The van der Waals surface area contributed by atoms with Crippen molar-refractivity contribution in [2.75, 3.05) is 43.9 Å². The van der Waals surface area contributed by atoms with Crippen LogP contribution in [0.1, 0.15) is 46.5 Å². The van der Waals surface area contributed by atoms with Crippen LogP contribution < -0.4 is 15.4 Å². The SMILES string of the molecule is Cc1ccc(C(=O)Nc2ccc(CN3CCN(C)CC3)c(C(F)(F)F)c2)cc1Oc1nc(-c2ccncc2)nc(NC(C)C)c1C=N. The molecule has 47 heavy (non-hydrogen) atoms. The van der Waals surface area contributed by atoms with Crippen LogP contribution in [0.5, 0.6) is 11.6 Å². The van der Waals surface area contributed by atoms with Crippen molar-refractivity contribution >= 4 is 23.6 Å². The second kappa shape index (κ2) is 14.3.